The smallest absolute Gasteiger partial charge is 0.323 e. The summed E-state index contributed by atoms with van der Waals surface area (Å²) in [6.45, 7) is 3.52. The zero-order valence-corrected chi connectivity index (χ0v) is 7.61. The van der Waals surface area contributed by atoms with Crippen molar-refractivity contribution in [3.63, 3.8) is 0 Å². The Kier molecular flexibility index (Phi) is 9.00. The van der Waals surface area contributed by atoms with Gasteiger partial charge in [0.05, 0.1) is 7.11 Å². The van der Waals surface area contributed by atoms with Gasteiger partial charge >= 0.3 is 5.97 Å². The first kappa shape index (κ1) is 13.1. The predicted octanol–water partition coefficient (Wildman–Crippen LogP) is 0.745. The summed E-state index contributed by atoms with van der Waals surface area (Å²) in [5.74, 6) is -0.248. The predicted molar refractivity (Wildman–Crippen MR) is 46.9 cm³/mol. The molecular weight excluding hydrogens is 166 g/mol. The van der Waals surface area contributed by atoms with Crippen LogP contribution in [0.4, 0.5) is 0 Å². The summed E-state index contributed by atoms with van der Waals surface area (Å²) in [6.07, 6.45) is 2.28. The molecule has 1 N–H and O–H groups in total. The van der Waals surface area contributed by atoms with Crippen molar-refractivity contribution in [2.75, 3.05) is 14.2 Å². The number of methoxy groups -OCH3 is 1. The molecule has 0 radical (unpaired) electrons. The maximum Gasteiger partial charge on any atom is 0.323 e. The zero-order valence-electron chi connectivity index (χ0n) is 6.79. The highest BCUT2D eigenvalue weighted by atomic mass is 35.5. The fraction of sp³-hybridized carbons (Fsp3) is 0.571. The molecule has 0 saturated carbocycles. The van der Waals surface area contributed by atoms with Gasteiger partial charge in [-0.2, -0.15) is 0 Å². The van der Waals surface area contributed by atoms with Crippen molar-refractivity contribution in [1.29, 1.82) is 0 Å². The largest absolute Gasteiger partial charge is 0.468 e. The van der Waals surface area contributed by atoms with E-state index in [1.54, 1.807) is 13.1 Å². The Balaban J connectivity index is 0. The second-order valence-corrected chi connectivity index (χ2v) is 1.89. The van der Waals surface area contributed by atoms with Crippen LogP contribution >= 0.6 is 12.4 Å². The average molecular weight is 180 g/mol. The molecule has 0 rings (SSSR count). The molecule has 0 aromatic rings. The second-order valence-electron chi connectivity index (χ2n) is 1.89. The topological polar surface area (TPSA) is 38.3 Å². The molecule has 0 aliphatic carbocycles. The van der Waals surface area contributed by atoms with E-state index in [9.17, 15) is 4.79 Å². The molecule has 0 aromatic carbocycles. The van der Waals surface area contributed by atoms with Gasteiger partial charge in [-0.05, 0) is 13.5 Å². The van der Waals surface area contributed by atoms with Crippen molar-refractivity contribution >= 4 is 18.4 Å². The third-order valence-electron chi connectivity index (χ3n) is 1.24. The van der Waals surface area contributed by atoms with Gasteiger partial charge in [0.15, 0.2) is 0 Å². The summed E-state index contributed by atoms with van der Waals surface area (Å²) in [4.78, 5) is 10.8. The van der Waals surface area contributed by atoms with E-state index in [4.69, 9.17) is 0 Å². The summed E-state index contributed by atoms with van der Waals surface area (Å²) in [5.41, 5.74) is 0. The minimum atomic E-state index is -0.248. The molecule has 0 saturated heterocycles. The third kappa shape index (κ3) is 4.81. The van der Waals surface area contributed by atoms with E-state index >= 15 is 0 Å². The molecule has 0 heterocycles. The fourth-order valence-electron chi connectivity index (χ4n) is 0.641. The van der Waals surface area contributed by atoms with Crippen molar-refractivity contribution in [2.24, 2.45) is 0 Å². The number of carbonyl (C=O) groups excluding carboxylic acids is 1. The molecule has 0 amide bonds. The molecule has 0 spiro atoms. The standard InChI is InChI=1S/C7H13NO2.ClH/c1-4-5-6(8-2)7(9)10-3;/h4,6,8H,1,5H2,2-3H3;1H/t6-;/m0./s1. The first-order chi connectivity index (χ1) is 4.76. The number of ether oxygens (including phenoxy) is 1. The maximum absolute atomic E-state index is 10.8. The van der Waals surface area contributed by atoms with Crippen LogP contribution < -0.4 is 5.32 Å². The summed E-state index contributed by atoms with van der Waals surface area (Å²) in [6, 6.07) is -0.248. The monoisotopic (exact) mass is 179 g/mol. The molecule has 11 heavy (non-hydrogen) atoms. The van der Waals surface area contributed by atoms with Crippen molar-refractivity contribution in [3.05, 3.63) is 12.7 Å². The van der Waals surface area contributed by atoms with Crippen LogP contribution in [0.1, 0.15) is 6.42 Å². The highest BCUT2D eigenvalue weighted by molar-refractivity contribution is 5.85. The number of halogens is 1. The number of nitrogens with one attached hydrogen (secondary N) is 1. The van der Waals surface area contributed by atoms with E-state index in [0.717, 1.165) is 0 Å². The van der Waals surface area contributed by atoms with E-state index in [0.29, 0.717) is 6.42 Å². The molecule has 0 aliphatic rings. The van der Waals surface area contributed by atoms with Gasteiger partial charge in [-0.15, -0.1) is 19.0 Å². The maximum atomic E-state index is 10.8. The first-order valence-electron chi connectivity index (χ1n) is 3.12. The van der Waals surface area contributed by atoms with Crippen LogP contribution in [-0.4, -0.2) is 26.2 Å². The summed E-state index contributed by atoms with van der Waals surface area (Å²) in [5, 5.41) is 2.81. The number of carbonyl (C=O) groups is 1. The lowest BCUT2D eigenvalue weighted by molar-refractivity contribution is -0.142. The van der Waals surface area contributed by atoms with Crippen molar-refractivity contribution in [3.8, 4) is 0 Å². The van der Waals surface area contributed by atoms with Gasteiger partial charge in [0, 0.05) is 0 Å². The zero-order chi connectivity index (χ0) is 7.98. The minimum Gasteiger partial charge on any atom is -0.468 e. The lowest BCUT2D eigenvalue weighted by atomic mass is 10.2. The Bertz CT molecular complexity index is 128. The highest BCUT2D eigenvalue weighted by Crippen LogP contribution is 1.93. The Morgan fingerprint density at radius 3 is 2.64 bits per heavy atom. The molecule has 0 aromatic heterocycles. The normalized spacial score (nSPS) is 11.1. The molecule has 0 aliphatic heterocycles. The number of esters is 1. The SMILES string of the molecule is C=CC[C@H](NC)C(=O)OC.Cl. The second kappa shape index (κ2) is 7.57. The van der Waals surface area contributed by atoms with Crippen LogP contribution in [0.25, 0.3) is 0 Å². The van der Waals surface area contributed by atoms with Crippen LogP contribution in [0.5, 0.6) is 0 Å². The lowest BCUT2D eigenvalue weighted by Gasteiger charge is -2.09. The van der Waals surface area contributed by atoms with E-state index in [1.165, 1.54) is 7.11 Å². The van der Waals surface area contributed by atoms with Gasteiger partial charge < -0.3 is 10.1 Å². The van der Waals surface area contributed by atoms with Crippen LogP contribution in [0.2, 0.25) is 0 Å². The van der Waals surface area contributed by atoms with Crippen LogP contribution in [0.15, 0.2) is 12.7 Å². The third-order valence-corrected chi connectivity index (χ3v) is 1.24. The van der Waals surface area contributed by atoms with Crippen LogP contribution in [-0.2, 0) is 9.53 Å². The average Bonchev–Trinajstić information content (AvgIpc) is 1.99. The number of hydrogen-bond acceptors (Lipinski definition) is 3. The first-order valence-corrected chi connectivity index (χ1v) is 3.12. The van der Waals surface area contributed by atoms with E-state index in [-0.39, 0.29) is 24.4 Å². The molecule has 0 bridgehead atoms. The van der Waals surface area contributed by atoms with Crippen molar-refractivity contribution < 1.29 is 9.53 Å². The molecule has 0 fully saturated rings. The van der Waals surface area contributed by atoms with Gasteiger partial charge in [0.2, 0.25) is 0 Å². The quantitative estimate of drug-likeness (QED) is 0.511. The van der Waals surface area contributed by atoms with Gasteiger partial charge in [-0.1, -0.05) is 6.08 Å². The van der Waals surface area contributed by atoms with Crippen LogP contribution in [0.3, 0.4) is 0 Å². The molecule has 3 nitrogen and oxygen atoms in total. The minimum absolute atomic E-state index is 0. The molecule has 0 unspecified atom stereocenters. The van der Waals surface area contributed by atoms with Crippen molar-refractivity contribution in [1.82, 2.24) is 5.32 Å². The van der Waals surface area contributed by atoms with E-state index in [1.807, 2.05) is 0 Å². The van der Waals surface area contributed by atoms with E-state index in [2.05, 4.69) is 16.6 Å². The van der Waals surface area contributed by atoms with Gasteiger partial charge in [0.25, 0.3) is 0 Å². The van der Waals surface area contributed by atoms with Crippen LogP contribution in [0, 0.1) is 0 Å². The number of rotatable bonds is 4. The molecule has 66 valence electrons. The van der Waals surface area contributed by atoms with Gasteiger partial charge in [-0.3, -0.25) is 4.79 Å². The van der Waals surface area contributed by atoms with Gasteiger partial charge in [0.1, 0.15) is 6.04 Å². The van der Waals surface area contributed by atoms with Gasteiger partial charge in [-0.25, -0.2) is 0 Å². The Morgan fingerprint density at radius 1 is 1.82 bits per heavy atom. The lowest BCUT2D eigenvalue weighted by Crippen LogP contribution is -2.34. The Morgan fingerprint density at radius 2 is 2.36 bits per heavy atom. The van der Waals surface area contributed by atoms with E-state index < -0.39 is 0 Å². The van der Waals surface area contributed by atoms with Crippen molar-refractivity contribution in [2.45, 2.75) is 12.5 Å². The number of hydrogen-bond donors (Lipinski definition) is 1. The molecular formula is C7H14ClNO2. The number of likely N-dealkylation sites (N-methyl/N-ethyl adjacent to an activating group) is 1. The molecule has 1 atom stereocenters. The summed E-state index contributed by atoms with van der Waals surface area (Å²) < 4.78 is 4.51. The summed E-state index contributed by atoms with van der Waals surface area (Å²) in [7, 11) is 3.08. The molecule has 4 heteroatoms. The fourth-order valence-corrected chi connectivity index (χ4v) is 0.641. The summed E-state index contributed by atoms with van der Waals surface area (Å²) >= 11 is 0. The Hall–Kier alpha value is -0.540. The highest BCUT2D eigenvalue weighted by Gasteiger charge is 2.13. The Labute approximate surface area is 73.2 Å².